The standard InChI is InChI=1S/C10H8N2O2/c1-3-7-5-10(14-12)8(4-2)6-9(7)13-11/h1-2,5-6H,11-12H2. The van der Waals surface area contributed by atoms with Crippen molar-refractivity contribution in [2.45, 2.75) is 0 Å². The number of benzene rings is 1. The van der Waals surface area contributed by atoms with Crippen molar-refractivity contribution in [2.75, 3.05) is 0 Å². The zero-order chi connectivity index (χ0) is 10.6. The van der Waals surface area contributed by atoms with E-state index < -0.39 is 0 Å². The lowest BCUT2D eigenvalue weighted by molar-refractivity contribution is 0.323. The maximum absolute atomic E-state index is 5.21. The zero-order valence-electron chi connectivity index (χ0n) is 7.28. The topological polar surface area (TPSA) is 70.5 Å². The van der Waals surface area contributed by atoms with E-state index >= 15 is 0 Å². The molecular formula is C10H8N2O2. The third kappa shape index (κ3) is 1.62. The summed E-state index contributed by atoms with van der Waals surface area (Å²) >= 11 is 0. The molecule has 70 valence electrons. The third-order valence-electron chi connectivity index (χ3n) is 1.65. The minimum atomic E-state index is 0.307. The molecule has 0 aromatic heterocycles. The van der Waals surface area contributed by atoms with Crippen molar-refractivity contribution in [1.29, 1.82) is 0 Å². The molecule has 0 aliphatic rings. The molecule has 0 spiro atoms. The van der Waals surface area contributed by atoms with Crippen molar-refractivity contribution >= 4 is 0 Å². The normalized spacial score (nSPS) is 8.57. The summed E-state index contributed by atoms with van der Waals surface area (Å²) in [6.45, 7) is 0. The van der Waals surface area contributed by atoms with Crippen LogP contribution in [0.15, 0.2) is 12.1 Å². The van der Waals surface area contributed by atoms with Crippen LogP contribution < -0.4 is 21.5 Å². The van der Waals surface area contributed by atoms with Gasteiger partial charge in [-0.2, -0.15) is 11.8 Å². The highest BCUT2D eigenvalue weighted by molar-refractivity contribution is 5.57. The summed E-state index contributed by atoms with van der Waals surface area (Å²) in [7, 11) is 0. The van der Waals surface area contributed by atoms with Crippen LogP contribution in [0.5, 0.6) is 11.5 Å². The van der Waals surface area contributed by atoms with Crippen LogP contribution in [0.25, 0.3) is 0 Å². The van der Waals surface area contributed by atoms with Gasteiger partial charge in [-0.15, -0.1) is 12.8 Å². The van der Waals surface area contributed by atoms with Crippen LogP contribution in [-0.2, 0) is 0 Å². The minimum absolute atomic E-state index is 0.307. The van der Waals surface area contributed by atoms with E-state index in [4.69, 9.17) is 24.6 Å². The lowest BCUT2D eigenvalue weighted by Gasteiger charge is -2.06. The summed E-state index contributed by atoms with van der Waals surface area (Å²) < 4.78 is 0. The van der Waals surface area contributed by atoms with E-state index in [9.17, 15) is 0 Å². The van der Waals surface area contributed by atoms with Gasteiger partial charge < -0.3 is 9.68 Å². The first-order valence-corrected chi connectivity index (χ1v) is 3.61. The molecule has 0 amide bonds. The fraction of sp³-hybridized carbons (Fsp3) is 0. The van der Waals surface area contributed by atoms with Crippen LogP contribution in [0.1, 0.15) is 11.1 Å². The number of nitrogens with two attached hydrogens (primary N) is 2. The molecule has 0 saturated heterocycles. The zero-order valence-corrected chi connectivity index (χ0v) is 7.28. The molecule has 0 radical (unpaired) electrons. The predicted molar refractivity (Wildman–Crippen MR) is 51.9 cm³/mol. The van der Waals surface area contributed by atoms with Crippen molar-refractivity contribution in [3.05, 3.63) is 23.3 Å². The van der Waals surface area contributed by atoms with Gasteiger partial charge in [0.1, 0.15) is 0 Å². The smallest absolute Gasteiger partial charge is 0.163 e. The Bertz CT molecular complexity index is 385. The van der Waals surface area contributed by atoms with Gasteiger partial charge in [0.05, 0.1) is 11.1 Å². The van der Waals surface area contributed by atoms with E-state index in [0.29, 0.717) is 22.6 Å². The molecule has 0 heterocycles. The maximum atomic E-state index is 5.21. The second-order valence-corrected chi connectivity index (χ2v) is 2.37. The second-order valence-electron chi connectivity index (χ2n) is 2.37. The average molecular weight is 188 g/mol. The fourth-order valence-corrected chi connectivity index (χ4v) is 0.981. The summed E-state index contributed by atoms with van der Waals surface area (Å²) in [4.78, 5) is 9.09. The Labute approximate surface area is 81.7 Å². The lowest BCUT2D eigenvalue weighted by Crippen LogP contribution is -2.07. The van der Waals surface area contributed by atoms with E-state index in [2.05, 4.69) is 21.5 Å². The monoisotopic (exact) mass is 188 g/mol. The highest BCUT2D eigenvalue weighted by Gasteiger charge is 2.08. The Morgan fingerprint density at radius 3 is 1.50 bits per heavy atom. The van der Waals surface area contributed by atoms with Gasteiger partial charge in [0.25, 0.3) is 0 Å². The first kappa shape index (κ1) is 9.94. The highest BCUT2D eigenvalue weighted by atomic mass is 16.6. The molecule has 1 rings (SSSR count). The molecule has 0 fully saturated rings. The molecule has 4 nitrogen and oxygen atoms in total. The summed E-state index contributed by atoms with van der Waals surface area (Å²) in [5, 5.41) is 0. The van der Waals surface area contributed by atoms with Gasteiger partial charge in [-0.05, 0) is 0 Å². The molecule has 0 bridgehead atoms. The second kappa shape index (κ2) is 4.20. The van der Waals surface area contributed by atoms with Gasteiger partial charge in [-0.3, -0.25) is 0 Å². The highest BCUT2D eigenvalue weighted by Crippen LogP contribution is 2.26. The first-order valence-electron chi connectivity index (χ1n) is 3.61. The quantitative estimate of drug-likeness (QED) is 0.512. The largest absolute Gasteiger partial charge is 0.410 e. The molecule has 1 aromatic rings. The Morgan fingerprint density at radius 1 is 0.929 bits per heavy atom. The van der Waals surface area contributed by atoms with Crippen LogP contribution in [-0.4, -0.2) is 0 Å². The SMILES string of the molecule is C#Cc1cc(ON)c(C#C)cc1ON. The number of hydrogen-bond acceptors (Lipinski definition) is 4. The van der Waals surface area contributed by atoms with Crippen LogP contribution >= 0.6 is 0 Å². The summed E-state index contributed by atoms with van der Waals surface area (Å²) in [5.74, 6) is 15.4. The minimum Gasteiger partial charge on any atom is -0.410 e. The molecule has 0 unspecified atom stereocenters. The van der Waals surface area contributed by atoms with Gasteiger partial charge in [-0.25, -0.2) is 0 Å². The van der Waals surface area contributed by atoms with Crippen molar-refractivity contribution in [2.24, 2.45) is 11.8 Å². The summed E-state index contributed by atoms with van der Waals surface area (Å²) in [6.07, 6.45) is 10.4. The van der Waals surface area contributed by atoms with Crippen LogP contribution in [0.2, 0.25) is 0 Å². The molecule has 4 N–H and O–H groups in total. The van der Waals surface area contributed by atoms with Gasteiger partial charge in [-0.1, -0.05) is 11.8 Å². The molecule has 0 saturated carbocycles. The lowest BCUT2D eigenvalue weighted by atomic mass is 10.1. The number of hydrogen-bond donors (Lipinski definition) is 2. The van der Waals surface area contributed by atoms with Gasteiger partial charge >= 0.3 is 0 Å². The molecule has 1 aromatic carbocycles. The van der Waals surface area contributed by atoms with E-state index in [1.165, 1.54) is 12.1 Å². The summed E-state index contributed by atoms with van der Waals surface area (Å²) in [5.41, 5.74) is 0.846. The van der Waals surface area contributed by atoms with E-state index in [-0.39, 0.29) is 0 Å². The van der Waals surface area contributed by atoms with Gasteiger partial charge in [0, 0.05) is 12.1 Å². The average Bonchev–Trinajstić information content (AvgIpc) is 2.26. The predicted octanol–water partition coefficient (Wildman–Crippen LogP) is 0.154. The van der Waals surface area contributed by atoms with Crippen LogP contribution in [0.4, 0.5) is 0 Å². The van der Waals surface area contributed by atoms with E-state index in [0.717, 1.165) is 0 Å². The molecular weight excluding hydrogens is 180 g/mol. The Morgan fingerprint density at radius 2 is 1.29 bits per heavy atom. The Kier molecular flexibility index (Phi) is 2.98. The Hall–Kier alpha value is -2.14. The van der Waals surface area contributed by atoms with E-state index in [1.807, 2.05) is 0 Å². The van der Waals surface area contributed by atoms with Crippen molar-refractivity contribution in [1.82, 2.24) is 0 Å². The van der Waals surface area contributed by atoms with E-state index in [1.54, 1.807) is 0 Å². The molecule has 0 aliphatic heterocycles. The summed E-state index contributed by atoms with van der Waals surface area (Å²) in [6, 6.07) is 2.97. The number of rotatable bonds is 2. The van der Waals surface area contributed by atoms with Crippen LogP contribution in [0.3, 0.4) is 0 Å². The number of terminal acetylenes is 2. The maximum Gasteiger partial charge on any atom is 0.163 e. The van der Waals surface area contributed by atoms with Crippen molar-refractivity contribution < 1.29 is 9.68 Å². The molecule has 0 aliphatic carbocycles. The molecule has 0 atom stereocenters. The van der Waals surface area contributed by atoms with Gasteiger partial charge in [0.2, 0.25) is 0 Å². The van der Waals surface area contributed by atoms with Gasteiger partial charge in [0.15, 0.2) is 11.5 Å². The molecule has 4 heteroatoms. The molecule has 14 heavy (non-hydrogen) atoms. The first-order chi connectivity index (χ1) is 6.76. The third-order valence-corrected chi connectivity index (χ3v) is 1.65. The Balaban J connectivity index is 3.39. The van der Waals surface area contributed by atoms with Crippen LogP contribution in [0, 0.1) is 24.7 Å². The van der Waals surface area contributed by atoms with Crippen molar-refractivity contribution in [3.63, 3.8) is 0 Å². The van der Waals surface area contributed by atoms with Crippen molar-refractivity contribution in [3.8, 4) is 36.2 Å². The fourth-order valence-electron chi connectivity index (χ4n) is 0.981.